The summed E-state index contributed by atoms with van der Waals surface area (Å²) < 4.78 is 0. The molecule has 1 N–H and O–H groups in total. The minimum Gasteiger partial charge on any atom is -0.481 e. The maximum atomic E-state index is 10.8. The molecule has 0 aromatic carbocycles. The second-order valence-corrected chi connectivity index (χ2v) is 5.70. The zero-order valence-electron chi connectivity index (χ0n) is 10.2. The Labute approximate surface area is 97.8 Å². The second kappa shape index (κ2) is 4.74. The first-order chi connectivity index (χ1) is 7.63. The number of carboxylic acids is 1. The SMILES string of the molecule is CCC1CCN(CC2(CC(=O)O)CC2)CC1. The molecule has 0 aromatic rings. The van der Waals surface area contributed by atoms with E-state index in [1.165, 1.54) is 32.4 Å². The van der Waals surface area contributed by atoms with E-state index in [1.807, 2.05) is 0 Å². The van der Waals surface area contributed by atoms with Crippen molar-refractivity contribution >= 4 is 5.97 Å². The van der Waals surface area contributed by atoms with Gasteiger partial charge < -0.3 is 10.0 Å². The summed E-state index contributed by atoms with van der Waals surface area (Å²) in [5, 5.41) is 8.88. The standard InChI is InChI=1S/C13H23NO2/c1-2-11-3-7-14(8-4-11)10-13(5-6-13)9-12(15)16/h11H,2-10H2,1H3,(H,15,16). The van der Waals surface area contributed by atoms with Crippen LogP contribution in [0.2, 0.25) is 0 Å². The Hall–Kier alpha value is -0.570. The van der Waals surface area contributed by atoms with E-state index in [2.05, 4.69) is 11.8 Å². The molecule has 1 heterocycles. The summed E-state index contributed by atoms with van der Waals surface area (Å²) in [6, 6.07) is 0. The predicted molar refractivity (Wildman–Crippen MR) is 63.4 cm³/mol. The number of hydrogen-bond donors (Lipinski definition) is 1. The van der Waals surface area contributed by atoms with E-state index in [1.54, 1.807) is 0 Å². The highest BCUT2D eigenvalue weighted by Crippen LogP contribution is 2.49. The van der Waals surface area contributed by atoms with Gasteiger partial charge in [0.05, 0.1) is 6.42 Å². The van der Waals surface area contributed by atoms with Crippen LogP contribution in [0.5, 0.6) is 0 Å². The van der Waals surface area contributed by atoms with E-state index in [-0.39, 0.29) is 5.41 Å². The molecule has 3 heteroatoms. The highest BCUT2D eigenvalue weighted by molar-refractivity contribution is 5.68. The molecule has 92 valence electrons. The lowest BCUT2D eigenvalue weighted by molar-refractivity contribution is -0.138. The summed E-state index contributed by atoms with van der Waals surface area (Å²) >= 11 is 0. The highest BCUT2D eigenvalue weighted by atomic mass is 16.4. The minimum absolute atomic E-state index is 0.144. The molecule has 1 saturated heterocycles. The molecular formula is C13H23NO2. The van der Waals surface area contributed by atoms with Crippen LogP contribution in [0, 0.1) is 11.3 Å². The molecule has 0 radical (unpaired) electrons. The Balaban J connectivity index is 1.76. The van der Waals surface area contributed by atoms with Crippen LogP contribution in [0.25, 0.3) is 0 Å². The van der Waals surface area contributed by atoms with Crippen LogP contribution in [0.15, 0.2) is 0 Å². The van der Waals surface area contributed by atoms with Gasteiger partial charge in [-0.3, -0.25) is 4.79 Å². The third kappa shape index (κ3) is 2.97. The molecule has 0 unspecified atom stereocenters. The van der Waals surface area contributed by atoms with E-state index >= 15 is 0 Å². The fourth-order valence-electron chi connectivity index (χ4n) is 2.92. The number of aliphatic carboxylic acids is 1. The molecule has 3 nitrogen and oxygen atoms in total. The monoisotopic (exact) mass is 225 g/mol. The second-order valence-electron chi connectivity index (χ2n) is 5.70. The van der Waals surface area contributed by atoms with Crippen molar-refractivity contribution in [3.8, 4) is 0 Å². The molecule has 0 atom stereocenters. The normalized spacial score (nSPS) is 25.6. The largest absolute Gasteiger partial charge is 0.481 e. The highest BCUT2D eigenvalue weighted by Gasteiger charge is 2.45. The van der Waals surface area contributed by atoms with Crippen LogP contribution in [0.4, 0.5) is 0 Å². The van der Waals surface area contributed by atoms with E-state index in [0.29, 0.717) is 6.42 Å². The molecule has 0 spiro atoms. The van der Waals surface area contributed by atoms with Gasteiger partial charge in [0.1, 0.15) is 0 Å². The minimum atomic E-state index is -0.624. The Morgan fingerprint density at radius 3 is 2.44 bits per heavy atom. The van der Waals surface area contributed by atoms with E-state index in [9.17, 15) is 4.79 Å². The first-order valence-corrected chi connectivity index (χ1v) is 6.58. The fraction of sp³-hybridized carbons (Fsp3) is 0.923. The summed E-state index contributed by atoms with van der Waals surface area (Å²) in [6.45, 7) is 5.66. The molecule has 2 rings (SSSR count). The quantitative estimate of drug-likeness (QED) is 0.781. The topological polar surface area (TPSA) is 40.5 Å². The zero-order valence-corrected chi connectivity index (χ0v) is 10.2. The molecule has 16 heavy (non-hydrogen) atoms. The van der Waals surface area contributed by atoms with Gasteiger partial charge in [0.2, 0.25) is 0 Å². The molecule has 1 aliphatic carbocycles. The summed E-state index contributed by atoms with van der Waals surface area (Å²) in [7, 11) is 0. The molecule has 1 saturated carbocycles. The van der Waals surface area contributed by atoms with Gasteiger partial charge in [-0.15, -0.1) is 0 Å². The summed E-state index contributed by atoms with van der Waals surface area (Å²) in [6.07, 6.45) is 6.52. The van der Waals surface area contributed by atoms with Crippen molar-refractivity contribution in [2.45, 2.75) is 45.4 Å². The van der Waals surface area contributed by atoms with Crippen molar-refractivity contribution < 1.29 is 9.90 Å². The first kappa shape index (κ1) is 11.9. The summed E-state index contributed by atoms with van der Waals surface area (Å²) in [5.41, 5.74) is 0.144. The van der Waals surface area contributed by atoms with Crippen LogP contribution >= 0.6 is 0 Å². The number of nitrogens with zero attached hydrogens (tertiary/aromatic N) is 1. The van der Waals surface area contributed by atoms with Crippen LogP contribution in [-0.2, 0) is 4.79 Å². The number of piperidine rings is 1. The number of hydrogen-bond acceptors (Lipinski definition) is 2. The number of carbonyl (C=O) groups is 1. The first-order valence-electron chi connectivity index (χ1n) is 6.58. The summed E-state index contributed by atoms with van der Waals surface area (Å²) in [5.74, 6) is 0.284. The molecule has 0 amide bonds. The van der Waals surface area contributed by atoms with Crippen molar-refractivity contribution in [1.82, 2.24) is 4.90 Å². The fourth-order valence-corrected chi connectivity index (χ4v) is 2.92. The number of carboxylic acid groups (broad SMARTS) is 1. The molecule has 2 fully saturated rings. The van der Waals surface area contributed by atoms with Gasteiger partial charge in [0.25, 0.3) is 0 Å². The van der Waals surface area contributed by atoms with Gasteiger partial charge in [-0.1, -0.05) is 13.3 Å². The molecule has 2 aliphatic rings. The van der Waals surface area contributed by atoms with Crippen molar-refractivity contribution in [3.05, 3.63) is 0 Å². The molecular weight excluding hydrogens is 202 g/mol. The summed E-state index contributed by atoms with van der Waals surface area (Å²) in [4.78, 5) is 13.3. The van der Waals surface area contributed by atoms with Gasteiger partial charge in [0.15, 0.2) is 0 Å². The Kier molecular flexibility index (Phi) is 3.53. The van der Waals surface area contributed by atoms with Crippen molar-refractivity contribution in [2.75, 3.05) is 19.6 Å². The third-order valence-electron chi connectivity index (χ3n) is 4.33. The number of likely N-dealkylation sites (tertiary alicyclic amines) is 1. The smallest absolute Gasteiger partial charge is 0.303 e. The molecule has 0 aromatic heterocycles. The maximum absolute atomic E-state index is 10.8. The number of rotatable bonds is 5. The molecule has 0 bridgehead atoms. The van der Waals surface area contributed by atoms with Gasteiger partial charge in [-0.25, -0.2) is 0 Å². The van der Waals surface area contributed by atoms with Gasteiger partial charge in [-0.05, 0) is 50.1 Å². The zero-order chi connectivity index (χ0) is 11.6. The van der Waals surface area contributed by atoms with Crippen LogP contribution in [0.1, 0.15) is 45.4 Å². The van der Waals surface area contributed by atoms with Crippen molar-refractivity contribution in [3.63, 3.8) is 0 Å². The average molecular weight is 225 g/mol. The Bertz CT molecular complexity index is 253. The lowest BCUT2D eigenvalue weighted by Crippen LogP contribution is -2.38. The predicted octanol–water partition coefficient (Wildman–Crippen LogP) is 2.36. The Morgan fingerprint density at radius 1 is 1.38 bits per heavy atom. The third-order valence-corrected chi connectivity index (χ3v) is 4.33. The van der Waals surface area contributed by atoms with Crippen LogP contribution in [0.3, 0.4) is 0 Å². The van der Waals surface area contributed by atoms with Gasteiger partial charge in [-0.2, -0.15) is 0 Å². The van der Waals surface area contributed by atoms with E-state index < -0.39 is 5.97 Å². The van der Waals surface area contributed by atoms with E-state index in [4.69, 9.17) is 5.11 Å². The maximum Gasteiger partial charge on any atom is 0.303 e. The van der Waals surface area contributed by atoms with Gasteiger partial charge >= 0.3 is 5.97 Å². The Morgan fingerprint density at radius 2 is 2.00 bits per heavy atom. The van der Waals surface area contributed by atoms with Crippen LogP contribution < -0.4 is 0 Å². The lowest BCUT2D eigenvalue weighted by atomic mass is 9.93. The average Bonchev–Trinajstić information content (AvgIpc) is 2.98. The van der Waals surface area contributed by atoms with Crippen molar-refractivity contribution in [2.24, 2.45) is 11.3 Å². The molecule has 1 aliphatic heterocycles. The van der Waals surface area contributed by atoms with Gasteiger partial charge in [0, 0.05) is 6.54 Å². The van der Waals surface area contributed by atoms with Crippen molar-refractivity contribution in [1.29, 1.82) is 0 Å². The van der Waals surface area contributed by atoms with E-state index in [0.717, 1.165) is 25.3 Å². The van der Waals surface area contributed by atoms with Crippen LogP contribution in [-0.4, -0.2) is 35.6 Å². The lowest BCUT2D eigenvalue weighted by Gasteiger charge is -2.33.